The molecule has 1 amide bonds. The van der Waals surface area contributed by atoms with E-state index in [-0.39, 0.29) is 37.2 Å². The fourth-order valence-corrected chi connectivity index (χ4v) is 4.38. The van der Waals surface area contributed by atoms with Gasteiger partial charge in [0, 0.05) is 42.8 Å². The van der Waals surface area contributed by atoms with Gasteiger partial charge >= 0.3 is 5.97 Å². The van der Waals surface area contributed by atoms with Crippen molar-refractivity contribution in [1.82, 2.24) is 4.98 Å². The Morgan fingerprint density at radius 1 is 1.19 bits per heavy atom. The maximum atomic E-state index is 13.9. The van der Waals surface area contributed by atoms with E-state index in [1.54, 1.807) is 16.3 Å². The van der Waals surface area contributed by atoms with E-state index >= 15 is 0 Å². The zero-order chi connectivity index (χ0) is 22.9. The molecule has 4 rings (SSSR count). The fourth-order valence-electron chi connectivity index (χ4n) is 3.62. The van der Waals surface area contributed by atoms with Gasteiger partial charge in [-0.15, -0.1) is 11.3 Å². The first-order valence-corrected chi connectivity index (χ1v) is 10.8. The molecule has 0 radical (unpaired) electrons. The molecule has 3 heterocycles. The average molecular weight is 463 g/mol. The Kier molecular flexibility index (Phi) is 6.05. The van der Waals surface area contributed by atoms with Crippen molar-refractivity contribution in [3.05, 3.63) is 52.7 Å². The van der Waals surface area contributed by atoms with Crippen LogP contribution in [0, 0.1) is 5.82 Å². The SMILES string of the molecule is COC(=O)c1csc(NC(=O)c2cc3ccc(F)cc3nc2N2CCCC(F)(F)CC2)c1. The smallest absolute Gasteiger partial charge is 0.338 e. The van der Waals surface area contributed by atoms with Crippen LogP contribution in [0.25, 0.3) is 10.9 Å². The molecule has 10 heteroatoms. The summed E-state index contributed by atoms with van der Waals surface area (Å²) < 4.78 is 46.2. The summed E-state index contributed by atoms with van der Waals surface area (Å²) in [5.41, 5.74) is 0.814. The quantitative estimate of drug-likeness (QED) is 0.545. The van der Waals surface area contributed by atoms with Gasteiger partial charge in [-0.2, -0.15) is 0 Å². The van der Waals surface area contributed by atoms with Crippen LogP contribution in [0.4, 0.5) is 24.0 Å². The summed E-state index contributed by atoms with van der Waals surface area (Å²) in [6, 6.07) is 7.08. The van der Waals surface area contributed by atoms with E-state index < -0.39 is 23.6 Å². The molecule has 0 spiro atoms. The minimum absolute atomic E-state index is 0.0204. The molecule has 2 aromatic heterocycles. The molecule has 32 heavy (non-hydrogen) atoms. The molecule has 0 bridgehead atoms. The zero-order valence-electron chi connectivity index (χ0n) is 17.2. The summed E-state index contributed by atoms with van der Waals surface area (Å²) in [7, 11) is 1.26. The van der Waals surface area contributed by atoms with E-state index in [9.17, 15) is 22.8 Å². The van der Waals surface area contributed by atoms with Crippen LogP contribution in [0.3, 0.4) is 0 Å². The summed E-state index contributed by atoms with van der Waals surface area (Å²) in [6.45, 7) is 0.321. The number of pyridine rings is 1. The number of ether oxygens (including phenoxy) is 1. The number of aromatic nitrogens is 1. The molecule has 1 N–H and O–H groups in total. The van der Waals surface area contributed by atoms with Gasteiger partial charge in [-0.1, -0.05) is 0 Å². The Balaban J connectivity index is 1.70. The zero-order valence-corrected chi connectivity index (χ0v) is 18.0. The normalized spacial score (nSPS) is 15.9. The molecule has 0 saturated carbocycles. The van der Waals surface area contributed by atoms with Crippen molar-refractivity contribution < 1.29 is 27.5 Å². The van der Waals surface area contributed by atoms with Gasteiger partial charge in [0.05, 0.1) is 28.8 Å². The van der Waals surface area contributed by atoms with Crippen LogP contribution in [-0.2, 0) is 4.74 Å². The Morgan fingerprint density at radius 3 is 2.78 bits per heavy atom. The van der Waals surface area contributed by atoms with Crippen molar-refractivity contribution in [3.63, 3.8) is 0 Å². The second-order valence-corrected chi connectivity index (χ2v) is 8.45. The third-order valence-electron chi connectivity index (χ3n) is 5.28. The summed E-state index contributed by atoms with van der Waals surface area (Å²) in [5.74, 6) is -4.07. The number of halogens is 3. The summed E-state index contributed by atoms with van der Waals surface area (Å²) in [4.78, 5) is 30.9. The van der Waals surface area contributed by atoms with Crippen molar-refractivity contribution >= 4 is 44.9 Å². The molecule has 1 fully saturated rings. The van der Waals surface area contributed by atoms with Gasteiger partial charge in [-0.3, -0.25) is 4.79 Å². The van der Waals surface area contributed by atoms with Crippen LogP contribution in [0.2, 0.25) is 0 Å². The molecule has 3 aromatic rings. The first kappa shape index (κ1) is 22.1. The van der Waals surface area contributed by atoms with Crippen LogP contribution in [0.1, 0.15) is 40.0 Å². The Morgan fingerprint density at radius 2 is 2.00 bits per heavy atom. The van der Waals surface area contributed by atoms with Crippen LogP contribution >= 0.6 is 11.3 Å². The largest absolute Gasteiger partial charge is 0.465 e. The van der Waals surface area contributed by atoms with Crippen LogP contribution < -0.4 is 10.2 Å². The standard InChI is InChI=1S/C22H20F3N3O3S/c1-31-21(30)14-10-18(32-12-14)27-20(29)16-9-13-3-4-15(23)11-17(13)26-19(16)28-7-2-5-22(24,25)6-8-28/h3-4,9-12H,2,5-8H2,1H3,(H,27,29). The molecule has 0 atom stereocenters. The number of nitrogens with zero attached hydrogens (tertiary/aromatic N) is 2. The molecule has 168 valence electrons. The second-order valence-electron chi connectivity index (χ2n) is 7.54. The van der Waals surface area contributed by atoms with Gasteiger partial charge in [-0.05, 0) is 30.7 Å². The van der Waals surface area contributed by atoms with E-state index in [2.05, 4.69) is 15.0 Å². The number of alkyl halides is 2. The number of carbonyl (C=O) groups is 2. The number of hydrogen-bond donors (Lipinski definition) is 1. The topological polar surface area (TPSA) is 71.5 Å². The van der Waals surface area contributed by atoms with Crippen molar-refractivity contribution in [1.29, 1.82) is 0 Å². The summed E-state index contributed by atoms with van der Waals surface area (Å²) >= 11 is 1.15. The number of nitrogens with one attached hydrogen (secondary N) is 1. The number of benzene rings is 1. The Hall–Kier alpha value is -3.14. The number of amides is 1. The maximum absolute atomic E-state index is 13.9. The number of fused-ring (bicyclic) bond motifs is 1. The molecule has 0 aliphatic carbocycles. The lowest BCUT2D eigenvalue weighted by Gasteiger charge is -2.24. The fraction of sp³-hybridized carbons (Fsp3) is 0.318. The van der Waals surface area contributed by atoms with Crippen LogP contribution in [0.15, 0.2) is 35.7 Å². The molecule has 1 saturated heterocycles. The van der Waals surface area contributed by atoms with Crippen LogP contribution in [0.5, 0.6) is 0 Å². The van der Waals surface area contributed by atoms with Crippen molar-refractivity contribution in [2.45, 2.75) is 25.2 Å². The summed E-state index contributed by atoms with van der Waals surface area (Å²) in [5, 5.41) is 5.25. The van der Waals surface area contributed by atoms with E-state index in [1.165, 1.54) is 31.4 Å². The summed E-state index contributed by atoms with van der Waals surface area (Å²) in [6.07, 6.45) is -0.354. The first-order valence-electron chi connectivity index (χ1n) is 9.97. The number of methoxy groups -OCH3 is 1. The van der Waals surface area contributed by atoms with Gasteiger partial charge in [0.25, 0.3) is 5.91 Å². The lowest BCUT2D eigenvalue weighted by molar-refractivity contribution is -0.0102. The van der Waals surface area contributed by atoms with E-state index in [0.717, 1.165) is 11.3 Å². The first-order chi connectivity index (χ1) is 15.3. The minimum atomic E-state index is -2.78. The van der Waals surface area contributed by atoms with Gasteiger partial charge in [-0.25, -0.2) is 22.9 Å². The highest BCUT2D eigenvalue weighted by Crippen LogP contribution is 2.32. The monoisotopic (exact) mass is 463 g/mol. The van der Waals surface area contributed by atoms with Gasteiger partial charge < -0.3 is 15.0 Å². The predicted octanol–water partition coefficient (Wildman–Crippen LogP) is 5.10. The second kappa shape index (κ2) is 8.78. The number of esters is 1. The third-order valence-corrected chi connectivity index (χ3v) is 6.12. The minimum Gasteiger partial charge on any atom is -0.465 e. The molecule has 0 unspecified atom stereocenters. The van der Waals surface area contributed by atoms with Crippen LogP contribution in [-0.4, -0.2) is 43.0 Å². The number of carbonyl (C=O) groups excluding carboxylic acids is 2. The molecule has 1 aliphatic rings. The Labute approximate surface area is 186 Å². The third kappa shape index (κ3) is 4.69. The number of hydrogen-bond acceptors (Lipinski definition) is 6. The lowest BCUT2D eigenvalue weighted by Crippen LogP contribution is -2.29. The van der Waals surface area contributed by atoms with Gasteiger partial charge in [0.15, 0.2) is 0 Å². The van der Waals surface area contributed by atoms with E-state index in [1.807, 2.05) is 0 Å². The number of rotatable bonds is 4. The average Bonchev–Trinajstić information content (AvgIpc) is 3.14. The van der Waals surface area contributed by atoms with Crippen molar-refractivity contribution in [3.8, 4) is 0 Å². The predicted molar refractivity (Wildman–Crippen MR) is 116 cm³/mol. The van der Waals surface area contributed by atoms with E-state index in [4.69, 9.17) is 0 Å². The molecular weight excluding hydrogens is 443 g/mol. The molecular formula is C22H20F3N3O3S. The van der Waals surface area contributed by atoms with Crippen molar-refractivity contribution in [2.24, 2.45) is 0 Å². The number of thiophene rings is 1. The maximum Gasteiger partial charge on any atom is 0.338 e. The molecule has 1 aliphatic heterocycles. The highest BCUT2D eigenvalue weighted by molar-refractivity contribution is 7.14. The number of anilines is 2. The molecule has 6 nitrogen and oxygen atoms in total. The lowest BCUT2D eigenvalue weighted by atomic mass is 10.1. The molecule has 1 aromatic carbocycles. The Bertz CT molecular complexity index is 1180. The highest BCUT2D eigenvalue weighted by atomic mass is 32.1. The van der Waals surface area contributed by atoms with Gasteiger partial charge in [0.2, 0.25) is 5.92 Å². The van der Waals surface area contributed by atoms with Gasteiger partial charge in [0.1, 0.15) is 11.6 Å². The van der Waals surface area contributed by atoms with E-state index in [0.29, 0.717) is 28.0 Å². The van der Waals surface area contributed by atoms with Crippen molar-refractivity contribution in [2.75, 3.05) is 30.4 Å². The highest BCUT2D eigenvalue weighted by Gasteiger charge is 2.33.